The van der Waals surface area contributed by atoms with Gasteiger partial charge in [0.1, 0.15) is 9.84 Å². The summed E-state index contributed by atoms with van der Waals surface area (Å²) in [6.07, 6.45) is 5.26. The van der Waals surface area contributed by atoms with Gasteiger partial charge in [0.25, 0.3) is 0 Å². The summed E-state index contributed by atoms with van der Waals surface area (Å²) in [6, 6.07) is 0.266. The molecule has 0 spiro atoms. The molecule has 0 aromatic rings. The maximum Gasteiger partial charge on any atom is 0.150 e. The van der Waals surface area contributed by atoms with E-state index in [4.69, 9.17) is 4.74 Å². The van der Waals surface area contributed by atoms with Crippen molar-refractivity contribution < 1.29 is 13.2 Å². The number of nitrogens with one attached hydrogen (secondary N) is 1. The highest BCUT2D eigenvalue weighted by molar-refractivity contribution is 7.91. The quantitative estimate of drug-likeness (QED) is 0.816. The van der Waals surface area contributed by atoms with Gasteiger partial charge in [-0.3, -0.25) is 0 Å². The lowest BCUT2D eigenvalue weighted by Gasteiger charge is -2.41. The van der Waals surface area contributed by atoms with Crippen molar-refractivity contribution in [2.45, 2.75) is 50.0 Å². The molecule has 2 rings (SSSR count). The van der Waals surface area contributed by atoms with E-state index in [2.05, 4.69) is 24.2 Å². The topological polar surface area (TPSA) is 58.6 Å². The Labute approximate surface area is 129 Å². The SMILES string of the molecule is CCNC(C1CCCC(S(C)(=O)=O)C1)C1CN(C)CCO1. The zero-order valence-electron chi connectivity index (χ0n) is 13.5. The molecular weight excluding hydrogens is 288 g/mol. The summed E-state index contributed by atoms with van der Waals surface area (Å²) in [4.78, 5) is 2.30. The van der Waals surface area contributed by atoms with Gasteiger partial charge >= 0.3 is 0 Å². The number of nitrogens with zero attached hydrogens (tertiary/aromatic N) is 1. The fourth-order valence-electron chi connectivity index (χ4n) is 3.76. The Kier molecular flexibility index (Phi) is 6.05. The van der Waals surface area contributed by atoms with Crippen LogP contribution in [-0.4, -0.2) is 70.3 Å². The highest BCUT2D eigenvalue weighted by Crippen LogP contribution is 2.32. The first kappa shape index (κ1) is 17.2. The van der Waals surface area contributed by atoms with Gasteiger partial charge in [-0.15, -0.1) is 0 Å². The van der Waals surface area contributed by atoms with E-state index in [0.717, 1.165) is 51.9 Å². The number of rotatable bonds is 5. The molecule has 2 aliphatic rings. The summed E-state index contributed by atoms with van der Waals surface area (Å²) in [5.41, 5.74) is 0. The van der Waals surface area contributed by atoms with E-state index in [1.807, 2.05) is 0 Å². The van der Waals surface area contributed by atoms with E-state index < -0.39 is 9.84 Å². The Morgan fingerprint density at radius 2 is 2.14 bits per heavy atom. The van der Waals surface area contributed by atoms with Crippen LogP contribution in [0.25, 0.3) is 0 Å². The molecule has 21 heavy (non-hydrogen) atoms. The third-order valence-electron chi connectivity index (χ3n) is 4.92. The van der Waals surface area contributed by atoms with Crippen LogP contribution in [0.4, 0.5) is 0 Å². The second-order valence-corrected chi connectivity index (χ2v) is 8.96. The Hall–Kier alpha value is -0.170. The van der Waals surface area contributed by atoms with Crippen molar-refractivity contribution in [2.24, 2.45) is 5.92 Å². The molecule has 0 aromatic heterocycles. The summed E-state index contributed by atoms with van der Waals surface area (Å²) < 4.78 is 29.7. The molecule has 4 unspecified atom stereocenters. The minimum atomic E-state index is -2.93. The molecule has 124 valence electrons. The van der Waals surface area contributed by atoms with Crippen molar-refractivity contribution in [3.8, 4) is 0 Å². The maximum atomic E-state index is 11.9. The van der Waals surface area contributed by atoms with Crippen LogP contribution < -0.4 is 5.32 Å². The minimum Gasteiger partial charge on any atom is -0.374 e. The van der Waals surface area contributed by atoms with Gasteiger partial charge in [0, 0.05) is 25.4 Å². The van der Waals surface area contributed by atoms with Gasteiger partial charge in [-0.25, -0.2) is 8.42 Å². The number of sulfone groups is 1. The van der Waals surface area contributed by atoms with E-state index >= 15 is 0 Å². The van der Waals surface area contributed by atoms with Gasteiger partial charge < -0.3 is 15.0 Å². The van der Waals surface area contributed by atoms with Crippen LogP contribution in [0.2, 0.25) is 0 Å². The summed E-state index contributed by atoms with van der Waals surface area (Å²) in [7, 11) is -0.804. The van der Waals surface area contributed by atoms with Gasteiger partial charge in [-0.1, -0.05) is 13.3 Å². The maximum absolute atomic E-state index is 11.9. The lowest BCUT2D eigenvalue weighted by molar-refractivity contribution is -0.0519. The fourth-order valence-corrected chi connectivity index (χ4v) is 4.95. The highest BCUT2D eigenvalue weighted by Gasteiger charge is 2.37. The number of ether oxygens (including phenoxy) is 1. The number of hydrogen-bond donors (Lipinski definition) is 1. The van der Waals surface area contributed by atoms with Crippen molar-refractivity contribution in [1.82, 2.24) is 10.2 Å². The first-order valence-electron chi connectivity index (χ1n) is 8.14. The van der Waals surface area contributed by atoms with Crippen LogP contribution in [0.1, 0.15) is 32.6 Å². The smallest absolute Gasteiger partial charge is 0.150 e. The highest BCUT2D eigenvalue weighted by atomic mass is 32.2. The molecule has 2 fully saturated rings. The van der Waals surface area contributed by atoms with Gasteiger partial charge in [-0.2, -0.15) is 0 Å². The molecule has 1 aliphatic carbocycles. The van der Waals surface area contributed by atoms with Crippen LogP contribution in [0.15, 0.2) is 0 Å². The average Bonchev–Trinajstić information content (AvgIpc) is 2.44. The Balaban J connectivity index is 2.06. The van der Waals surface area contributed by atoms with Gasteiger partial charge in [0.05, 0.1) is 18.0 Å². The summed E-state index contributed by atoms with van der Waals surface area (Å²) in [5, 5.41) is 3.40. The monoisotopic (exact) mass is 318 g/mol. The third-order valence-corrected chi connectivity index (χ3v) is 6.56. The Bertz CT molecular complexity index is 427. The molecule has 1 N–H and O–H groups in total. The summed E-state index contributed by atoms with van der Waals surface area (Å²) >= 11 is 0. The predicted octanol–water partition coefficient (Wildman–Crippen LogP) is 0.899. The second kappa shape index (κ2) is 7.40. The molecular formula is C15H30N2O3S. The Morgan fingerprint density at radius 1 is 1.38 bits per heavy atom. The van der Waals surface area contributed by atoms with E-state index in [-0.39, 0.29) is 17.4 Å². The minimum absolute atomic E-state index is 0.168. The van der Waals surface area contributed by atoms with Gasteiger partial charge in [0.2, 0.25) is 0 Å². The zero-order valence-corrected chi connectivity index (χ0v) is 14.4. The lowest BCUT2D eigenvalue weighted by Crippen LogP contribution is -2.55. The van der Waals surface area contributed by atoms with Crippen LogP contribution in [0, 0.1) is 5.92 Å². The van der Waals surface area contributed by atoms with E-state index in [1.165, 1.54) is 6.26 Å². The molecule has 1 heterocycles. The zero-order chi connectivity index (χ0) is 15.5. The number of likely N-dealkylation sites (N-methyl/N-ethyl adjacent to an activating group) is 2. The van der Waals surface area contributed by atoms with Gasteiger partial charge in [0.15, 0.2) is 0 Å². The molecule has 4 atom stereocenters. The second-order valence-electron chi connectivity index (χ2n) is 6.63. The molecule has 1 saturated carbocycles. The van der Waals surface area contributed by atoms with E-state index in [0.29, 0.717) is 5.92 Å². The Morgan fingerprint density at radius 3 is 2.76 bits per heavy atom. The first-order chi connectivity index (χ1) is 9.91. The molecule has 0 amide bonds. The molecule has 6 heteroatoms. The van der Waals surface area contributed by atoms with Crippen molar-refractivity contribution >= 4 is 9.84 Å². The first-order valence-corrected chi connectivity index (χ1v) is 10.1. The molecule has 0 aromatic carbocycles. The summed E-state index contributed by atoms with van der Waals surface area (Å²) in [5.74, 6) is 0.398. The van der Waals surface area contributed by atoms with Crippen LogP contribution in [0.3, 0.4) is 0 Å². The van der Waals surface area contributed by atoms with Crippen LogP contribution >= 0.6 is 0 Å². The normalized spacial score (nSPS) is 33.8. The van der Waals surface area contributed by atoms with E-state index in [1.54, 1.807) is 0 Å². The average molecular weight is 318 g/mol. The van der Waals surface area contributed by atoms with Crippen molar-refractivity contribution in [1.29, 1.82) is 0 Å². The molecule has 0 bridgehead atoms. The largest absolute Gasteiger partial charge is 0.374 e. The predicted molar refractivity (Wildman–Crippen MR) is 85.3 cm³/mol. The molecule has 0 radical (unpaired) electrons. The van der Waals surface area contributed by atoms with Crippen LogP contribution in [-0.2, 0) is 14.6 Å². The molecule has 1 aliphatic heterocycles. The number of hydrogen-bond acceptors (Lipinski definition) is 5. The fraction of sp³-hybridized carbons (Fsp3) is 1.00. The van der Waals surface area contributed by atoms with Gasteiger partial charge in [-0.05, 0) is 38.8 Å². The van der Waals surface area contributed by atoms with E-state index in [9.17, 15) is 8.42 Å². The van der Waals surface area contributed by atoms with Crippen molar-refractivity contribution in [2.75, 3.05) is 39.5 Å². The van der Waals surface area contributed by atoms with Crippen molar-refractivity contribution in [3.05, 3.63) is 0 Å². The third kappa shape index (κ3) is 4.65. The lowest BCUT2D eigenvalue weighted by atomic mass is 9.81. The van der Waals surface area contributed by atoms with Crippen molar-refractivity contribution in [3.63, 3.8) is 0 Å². The standard InChI is InChI=1S/C15H30N2O3S/c1-4-16-15(14-11-17(2)8-9-20-14)12-6-5-7-13(10-12)21(3,18)19/h12-16H,4-11H2,1-3H3. The number of morpholine rings is 1. The molecule has 1 saturated heterocycles. The van der Waals surface area contributed by atoms with Crippen LogP contribution in [0.5, 0.6) is 0 Å². The summed E-state index contributed by atoms with van der Waals surface area (Å²) in [6.45, 7) is 5.68. The molecule has 5 nitrogen and oxygen atoms in total.